The van der Waals surface area contributed by atoms with E-state index in [1.165, 1.54) is 0 Å². The van der Waals surface area contributed by atoms with Crippen LogP contribution in [0, 0.1) is 16.7 Å². The van der Waals surface area contributed by atoms with E-state index in [0.29, 0.717) is 12.8 Å². The van der Waals surface area contributed by atoms with E-state index in [9.17, 15) is 9.59 Å². The zero-order valence-corrected chi connectivity index (χ0v) is 21.9. The van der Waals surface area contributed by atoms with Crippen molar-refractivity contribution in [1.82, 2.24) is 0 Å². The molecule has 0 saturated heterocycles. The maximum atomic E-state index is 12.9. The van der Waals surface area contributed by atoms with Gasteiger partial charge in [-0.3, -0.25) is 9.78 Å². The molecule has 1 aromatic carbocycles. The molecule has 0 aromatic heterocycles. The standard InChI is InChI=1S/C27H44O6/c1-25(2,3)19-13-12-18-23(28)30-32-33-31-24(29)22(17-14-20-26(4,5)6)27(7,8)21-15-10-9-11-16-21/h9-11,15-16,22H,12-14,17-20H2,1-8H3. The van der Waals surface area contributed by atoms with Gasteiger partial charge in [0, 0.05) is 21.9 Å². The van der Waals surface area contributed by atoms with Gasteiger partial charge in [-0.25, -0.2) is 9.59 Å². The molecule has 0 bridgehead atoms. The van der Waals surface area contributed by atoms with Crippen molar-refractivity contribution >= 4 is 11.9 Å². The van der Waals surface area contributed by atoms with Crippen LogP contribution in [0.25, 0.3) is 0 Å². The Morgan fingerprint density at radius 3 is 1.88 bits per heavy atom. The Kier molecular flexibility index (Phi) is 11.5. The summed E-state index contributed by atoms with van der Waals surface area (Å²) in [6.45, 7) is 17.0. The Balaban J connectivity index is 2.57. The first-order valence-corrected chi connectivity index (χ1v) is 12.0. The summed E-state index contributed by atoms with van der Waals surface area (Å²) in [6.07, 6.45) is 5.32. The zero-order chi connectivity index (χ0) is 25.1. The maximum Gasteiger partial charge on any atom is 0.349 e. The number of carbonyl (C=O) groups is 2. The van der Waals surface area contributed by atoms with Crippen molar-refractivity contribution in [3.63, 3.8) is 0 Å². The van der Waals surface area contributed by atoms with Gasteiger partial charge in [-0.05, 0) is 42.1 Å². The Morgan fingerprint density at radius 2 is 1.30 bits per heavy atom. The second-order valence-electron chi connectivity index (χ2n) is 11.9. The number of hydrogen-bond donors (Lipinski definition) is 0. The fourth-order valence-corrected chi connectivity index (χ4v) is 3.80. The minimum absolute atomic E-state index is 0.173. The SMILES string of the molecule is CC(C)(C)CCCCC(=O)OOOOC(=O)C(CCCC(C)(C)C)C(C)(C)c1ccccc1. The summed E-state index contributed by atoms with van der Waals surface area (Å²) in [4.78, 5) is 34.1. The first-order chi connectivity index (χ1) is 15.2. The molecule has 0 N–H and O–H groups in total. The Labute approximate surface area is 200 Å². The first kappa shape index (κ1) is 29.1. The van der Waals surface area contributed by atoms with Crippen LogP contribution >= 0.6 is 0 Å². The summed E-state index contributed by atoms with van der Waals surface area (Å²) in [6, 6.07) is 9.86. The average molecular weight is 465 g/mol. The maximum absolute atomic E-state index is 12.9. The lowest BCUT2D eigenvalue weighted by Crippen LogP contribution is -2.36. The molecule has 0 radical (unpaired) electrons. The van der Waals surface area contributed by atoms with Crippen LogP contribution in [-0.2, 0) is 34.9 Å². The molecule has 1 rings (SSSR count). The van der Waals surface area contributed by atoms with Crippen molar-refractivity contribution in [2.24, 2.45) is 16.7 Å². The van der Waals surface area contributed by atoms with Crippen molar-refractivity contribution in [2.75, 3.05) is 0 Å². The zero-order valence-electron chi connectivity index (χ0n) is 21.9. The highest BCUT2D eigenvalue weighted by Gasteiger charge is 2.38. The number of hydrogen-bond acceptors (Lipinski definition) is 6. The van der Waals surface area contributed by atoms with Crippen molar-refractivity contribution in [2.45, 2.75) is 106 Å². The highest BCUT2D eigenvalue weighted by molar-refractivity contribution is 5.74. The second-order valence-corrected chi connectivity index (χ2v) is 11.9. The third-order valence-corrected chi connectivity index (χ3v) is 5.92. The van der Waals surface area contributed by atoms with Gasteiger partial charge in [-0.2, -0.15) is 0 Å². The Bertz CT molecular complexity index is 712. The average Bonchev–Trinajstić information content (AvgIpc) is 2.70. The second kappa shape index (κ2) is 13.1. The number of unbranched alkanes of at least 4 members (excludes halogenated alkanes) is 1. The monoisotopic (exact) mass is 464 g/mol. The topological polar surface area (TPSA) is 71.1 Å². The summed E-state index contributed by atoms with van der Waals surface area (Å²) >= 11 is 0. The van der Waals surface area contributed by atoms with E-state index < -0.39 is 23.3 Å². The number of rotatable bonds is 13. The van der Waals surface area contributed by atoms with Crippen LogP contribution in [0.1, 0.15) is 106 Å². The van der Waals surface area contributed by atoms with E-state index in [-0.39, 0.29) is 17.3 Å². The van der Waals surface area contributed by atoms with Gasteiger partial charge in [0.25, 0.3) is 0 Å². The quantitative estimate of drug-likeness (QED) is 0.174. The van der Waals surface area contributed by atoms with Gasteiger partial charge < -0.3 is 0 Å². The minimum Gasteiger partial charge on any atom is -0.266 e. The lowest BCUT2D eigenvalue weighted by atomic mass is 9.71. The van der Waals surface area contributed by atoms with E-state index in [0.717, 1.165) is 31.2 Å². The molecule has 188 valence electrons. The molecule has 6 nitrogen and oxygen atoms in total. The smallest absolute Gasteiger partial charge is 0.266 e. The summed E-state index contributed by atoms with van der Waals surface area (Å²) in [5.41, 5.74) is 0.953. The molecule has 0 spiro atoms. The van der Waals surface area contributed by atoms with E-state index >= 15 is 0 Å². The van der Waals surface area contributed by atoms with E-state index in [1.54, 1.807) is 0 Å². The Morgan fingerprint density at radius 1 is 0.758 bits per heavy atom. The molecule has 0 saturated carbocycles. The van der Waals surface area contributed by atoms with Crippen molar-refractivity contribution in [3.8, 4) is 0 Å². The van der Waals surface area contributed by atoms with Gasteiger partial charge in [0.05, 0.1) is 5.92 Å². The molecule has 0 aliphatic heterocycles. The fraction of sp³-hybridized carbons (Fsp3) is 0.704. The van der Waals surface area contributed by atoms with Crippen LogP contribution in [0.4, 0.5) is 0 Å². The first-order valence-electron chi connectivity index (χ1n) is 12.0. The predicted octanol–water partition coefficient (Wildman–Crippen LogP) is 7.27. The summed E-state index contributed by atoms with van der Waals surface area (Å²) in [7, 11) is 0. The molecule has 0 heterocycles. The number of benzene rings is 1. The van der Waals surface area contributed by atoms with Crippen molar-refractivity contribution in [3.05, 3.63) is 35.9 Å². The van der Waals surface area contributed by atoms with Crippen molar-refractivity contribution in [1.29, 1.82) is 0 Å². The summed E-state index contributed by atoms with van der Waals surface area (Å²) in [5.74, 6) is -1.58. The van der Waals surface area contributed by atoms with Gasteiger partial charge in [0.1, 0.15) is 0 Å². The lowest BCUT2D eigenvalue weighted by Gasteiger charge is -2.33. The molecule has 0 fully saturated rings. The van der Waals surface area contributed by atoms with Crippen LogP contribution < -0.4 is 0 Å². The van der Waals surface area contributed by atoms with Crippen LogP contribution in [0.3, 0.4) is 0 Å². The lowest BCUT2D eigenvalue weighted by molar-refractivity contribution is -0.600. The molecule has 1 atom stereocenters. The molecule has 33 heavy (non-hydrogen) atoms. The van der Waals surface area contributed by atoms with Crippen LogP contribution in [0.2, 0.25) is 0 Å². The van der Waals surface area contributed by atoms with Gasteiger partial charge in [-0.1, -0.05) is 98.6 Å². The molecular weight excluding hydrogens is 420 g/mol. The molecule has 1 unspecified atom stereocenters. The van der Waals surface area contributed by atoms with Gasteiger partial charge in [0.15, 0.2) is 0 Å². The van der Waals surface area contributed by atoms with Crippen LogP contribution in [0.5, 0.6) is 0 Å². The number of carbonyl (C=O) groups excluding carboxylic acids is 2. The minimum atomic E-state index is -0.564. The van der Waals surface area contributed by atoms with Gasteiger partial charge in [-0.15, -0.1) is 0 Å². The van der Waals surface area contributed by atoms with E-state index in [4.69, 9.17) is 4.89 Å². The fourth-order valence-electron chi connectivity index (χ4n) is 3.80. The van der Waals surface area contributed by atoms with E-state index in [2.05, 4.69) is 56.5 Å². The van der Waals surface area contributed by atoms with E-state index in [1.807, 2.05) is 44.2 Å². The van der Waals surface area contributed by atoms with Gasteiger partial charge >= 0.3 is 11.9 Å². The van der Waals surface area contributed by atoms with Gasteiger partial charge in [0.2, 0.25) is 0 Å². The molecule has 0 amide bonds. The third-order valence-electron chi connectivity index (χ3n) is 5.92. The van der Waals surface area contributed by atoms with Crippen LogP contribution in [0.15, 0.2) is 30.3 Å². The molecule has 0 aliphatic rings. The molecule has 1 aromatic rings. The highest BCUT2D eigenvalue weighted by Crippen LogP contribution is 2.37. The molecule has 6 heteroatoms. The largest absolute Gasteiger partial charge is 0.349 e. The molecular formula is C27H44O6. The molecule has 0 aliphatic carbocycles. The normalized spacial score (nSPS) is 13.5. The summed E-state index contributed by atoms with van der Waals surface area (Å²) in [5, 5.41) is 8.89. The third kappa shape index (κ3) is 12.2. The highest BCUT2D eigenvalue weighted by atomic mass is 17.7. The van der Waals surface area contributed by atoms with Crippen LogP contribution in [-0.4, -0.2) is 11.9 Å². The Hall–Kier alpha value is -1.92. The summed E-state index contributed by atoms with van der Waals surface area (Å²) < 4.78 is 0. The van der Waals surface area contributed by atoms with Crippen molar-refractivity contribution < 1.29 is 29.4 Å². The predicted molar refractivity (Wildman–Crippen MR) is 129 cm³/mol.